The van der Waals surface area contributed by atoms with E-state index in [1.54, 1.807) is 0 Å². The Morgan fingerprint density at radius 3 is 1.97 bits per heavy atom. The van der Waals surface area contributed by atoms with E-state index < -0.39 is 32.1 Å². The number of aliphatic carboxylic acids is 1. The van der Waals surface area contributed by atoms with Crippen molar-refractivity contribution in [3.63, 3.8) is 0 Å². The third-order valence-electron chi connectivity index (χ3n) is 4.87. The molecule has 9 heteroatoms. The molecule has 0 aliphatic heterocycles. The molecular formula is C22H36NO7P. The zero-order valence-electron chi connectivity index (χ0n) is 19.7. The number of benzene rings is 1. The van der Waals surface area contributed by atoms with E-state index in [1.807, 2.05) is 53.7 Å². The van der Waals surface area contributed by atoms with Gasteiger partial charge < -0.3 is 24.6 Å². The molecule has 0 radical (unpaired) electrons. The van der Waals surface area contributed by atoms with Gasteiger partial charge in [0.15, 0.2) is 6.04 Å². The van der Waals surface area contributed by atoms with E-state index in [0.29, 0.717) is 6.42 Å². The molecule has 2 atom stereocenters. The van der Waals surface area contributed by atoms with Crippen LogP contribution in [0.4, 0.5) is 0 Å². The van der Waals surface area contributed by atoms with Crippen LogP contribution in [-0.2, 0) is 40.5 Å². The number of carbonyl (C=O) groups excluding carboxylic acids is 1. The highest BCUT2D eigenvalue weighted by molar-refractivity contribution is 7.52. The number of hydrogen-bond acceptors (Lipinski definition) is 6. The number of aryl methyl sites for hydroxylation is 1. The number of carboxylic acids is 1. The van der Waals surface area contributed by atoms with Crippen LogP contribution < -0.4 is 5.32 Å². The van der Waals surface area contributed by atoms with Crippen molar-refractivity contribution in [2.75, 3.05) is 20.4 Å². The van der Waals surface area contributed by atoms with E-state index in [1.165, 1.54) is 13.8 Å². The van der Waals surface area contributed by atoms with Gasteiger partial charge in [-0.25, -0.2) is 4.79 Å². The van der Waals surface area contributed by atoms with E-state index in [-0.39, 0.29) is 23.0 Å². The highest BCUT2D eigenvalue weighted by Crippen LogP contribution is 2.42. The first-order valence-electron chi connectivity index (χ1n) is 10.1. The fourth-order valence-electron chi connectivity index (χ4n) is 2.94. The summed E-state index contributed by atoms with van der Waals surface area (Å²) in [5.41, 5.74) is 1.90. The van der Waals surface area contributed by atoms with Gasteiger partial charge in [0, 0.05) is 20.2 Å². The van der Waals surface area contributed by atoms with E-state index in [2.05, 4.69) is 9.84 Å². The minimum absolute atomic E-state index is 0.0514. The minimum atomic E-state index is -3.36. The van der Waals surface area contributed by atoms with Crippen molar-refractivity contribution in [3.05, 3.63) is 28.8 Å². The summed E-state index contributed by atoms with van der Waals surface area (Å²) in [5.74, 6) is -1.50. The number of phenols is 1. The predicted octanol–water partition coefficient (Wildman–Crippen LogP) is 3.98. The molecule has 0 bridgehead atoms. The molecule has 8 nitrogen and oxygen atoms in total. The van der Waals surface area contributed by atoms with E-state index in [0.717, 1.165) is 16.7 Å². The smallest absolute Gasteiger partial charge is 0.328 e. The second-order valence-corrected chi connectivity index (χ2v) is 11.9. The van der Waals surface area contributed by atoms with Crippen LogP contribution in [0.3, 0.4) is 0 Å². The molecule has 0 aliphatic rings. The van der Waals surface area contributed by atoms with Crippen LogP contribution in [0.25, 0.3) is 0 Å². The van der Waals surface area contributed by atoms with Crippen LogP contribution in [0.5, 0.6) is 5.75 Å². The topological polar surface area (TPSA) is 122 Å². The number of phenolic OH excluding ortho intramolecular Hbond substituents is 1. The Bertz CT molecular complexity index is 817. The minimum Gasteiger partial charge on any atom is -0.507 e. The third kappa shape index (κ3) is 8.28. The molecule has 0 saturated carbocycles. The Morgan fingerprint density at radius 1 is 1.10 bits per heavy atom. The van der Waals surface area contributed by atoms with Gasteiger partial charge in [-0.05, 0) is 33.9 Å². The van der Waals surface area contributed by atoms with E-state index >= 15 is 0 Å². The van der Waals surface area contributed by atoms with Crippen molar-refractivity contribution < 1.29 is 33.4 Å². The van der Waals surface area contributed by atoms with Crippen LogP contribution in [0.2, 0.25) is 0 Å². The summed E-state index contributed by atoms with van der Waals surface area (Å²) in [6, 6.07) is 2.44. The van der Waals surface area contributed by atoms with E-state index in [4.69, 9.17) is 4.52 Å². The monoisotopic (exact) mass is 457 g/mol. The maximum atomic E-state index is 12.4. The van der Waals surface area contributed by atoms with Crippen molar-refractivity contribution in [3.8, 4) is 5.75 Å². The highest BCUT2D eigenvalue weighted by atomic mass is 31.2. The van der Waals surface area contributed by atoms with Crippen LogP contribution in [0.1, 0.15) is 64.7 Å². The van der Waals surface area contributed by atoms with Crippen LogP contribution in [0, 0.1) is 0 Å². The van der Waals surface area contributed by atoms with Crippen molar-refractivity contribution in [1.29, 1.82) is 0 Å². The number of carboxylic acid groups (broad SMARTS) is 1. The molecule has 31 heavy (non-hydrogen) atoms. The molecular weight excluding hydrogens is 421 g/mol. The van der Waals surface area contributed by atoms with Gasteiger partial charge in [-0.3, -0.25) is 9.36 Å². The highest BCUT2D eigenvalue weighted by Gasteiger charge is 2.27. The van der Waals surface area contributed by atoms with Crippen LogP contribution >= 0.6 is 7.60 Å². The fraction of sp³-hybridized carbons (Fsp3) is 0.636. The lowest BCUT2D eigenvalue weighted by Crippen LogP contribution is -2.43. The van der Waals surface area contributed by atoms with Crippen molar-refractivity contribution in [2.45, 2.75) is 71.3 Å². The molecule has 0 heterocycles. The Kier molecular flexibility index (Phi) is 8.89. The lowest BCUT2D eigenvalue weighted by atomic mass is 9.78. The van der Waals surface area contributed by atoms with Gasteiger partial charge >= 0.3 is 13.6 Å². The van der Waals surface area contributed by atoms with Crippen LogP contribution in [-0.4, -0.2) is 48.5 Å². The summed E-state index contributed by atoms with van der Waals surface area (Å²) in [4.78, 5) is 23.8. The molecule has 0 spiro atoms. The summed E-state index contributed by atoms with van der Waals surface area (Å²) in [6.45, 7) is 12.8. The SMILES string of the molecule is COP(C)(=O)OCC(NC(=O)CCc1cc(C(C)(C)C)c(O)c(C(C)(C)C)c1)C(=O)O. The first kappa shape index (κ1) is 27.1. The molecule has 0 fully saturated rings. The number of aromatic hydroxyl groups is 1. The average molecular weight is 458 g/mol. The Labute approximate surface area is 184 Å². The summed E-state index contributed by atoms with van der Waals surface area (Å²) < 4.78 is 21.5. The standard InChI is InChI=1S/C22H36NO7P/c1-21(2,3)15-11-14(12-16(19(15)25)22(4,5)6)9-10-18(24)23-17(20(26)27)13-30-31(8,28)29-7/h11-12,17,25H,9-10,13H2,1-8H3,(H,23,24)(H,26,27). The molecule has 3 N–H and O–H groups in total. The van der Waals surface area contributed by atoms with Gasteiger partial charge in [0.25, 0.3) is 0 Å². The Morgan fingerprint density at radius 2 is 1.58 bits per heavy atom. The fourth-order valence-corrected chi connectivity index (χ4v) is 3.47. The number of rotatable bonds is 9. The largest absolute Gasteiger partial charge is 0.507 e. The Balaban J connectivity index is 2.97. The Hall–Kier alpha value is -1.89. The van der Waals surface area contributed by atoms with Gasteiger partial charge in [-0.1, -0.05) is 53.7 Å². The molecule has 2 unspecified atom stereocenters. The zero-order valence-corrected chi connectivity index (χ0v) is 20.6. The van der Waals surface area contributed by atoms with Crippen molar-refractivity contribution in [1.82, 2.24) is 5.32 Å². The predicted molar refractivity (Wildman–Crippen MR) is 120 cm³/mol. The molecule has 1 amide bonds. The van der Waals surface area contributed by atoms with Gasteiger partial charge in [-0.2, -0.15) is 0 Å². The molecule has 0 saturated heterocycles. The van der Waals surface area contributed by atoms with Crippen molar-refractivity contribution in [2.24, 2.45) is 0 Å². The lowest BCUT2D eigenvalue weighted by molar-refractivity contribution is -0.142. The molecule has 1 rings (SSSR count). The second-order valence-electron chi connectivity index (χ2n) is 9.75. The molecule has 0 aliphatic carbocycles. The summed E-state index contributed by atoms with van der Waals surface area (Å²) >= 11 is 0. The third-order valence-corrected chi connectivity index (χ3v) is 6.15. The van der Waals surface area contributed by atoms with E-state index in [9.17, 15) is 24.4 Å². The number of carbonyl (C=O) groups is 2. The maximum absolute atomic E-state index is 12.4. The second kappa shape index (κ2) is 10.2. The quantitative estimate of drug-likeness (QED) is 0.480. The zero-order chi connectivity index (χ0) is 24.2. The first-order chi connectivity index (χ1) is 14.0. The number of nitrogens with one attached hydrogen (secondary N) is 1. The molecule has 0 aromatic heterocycles. The summed E-state index contributed by atoms with van der Waals surface area (Å²) in [5, 5.41) is 22.5. The molecule has 1 aromatic rings. The first-order valence-corrected chi connectivity index (χ1v) is 12.1. The maximum Gasteiger partial charge on any atom is 0.328 e. The van der Waals surface area contributed by atoms with Gasteiger partial charge in [0.05, 0.1) is 6.61 Å². The number of amides is 1. The molecule has 1 aromatic carbocycles. The summed E-state index contributed by atoms with van der Waals surface area (Å²) in [7, 11) is -2.16. The van der Waals surface area contributed by atoms with Crippen LogP contribution in [0.15, 0.2) is 12.1 Å². The normalized spacial score (nSPS) is 15.2. The average Bonchev–Trinajstić information content (AvgIpc) is 2.62. The summed E-state index contributed by atoms with van der Waals surface area (Å²) in [6.07, 6.45) is 0.422. The lowest BCUT2D eigenvalue weighted by Gasteiger charge is -2.28. The van der Waals surface area contributed by atoms with Gasteiger partial charge in [-0.15, -0.1) is 0 Å². The van der Waals surface area contributed by atoms with Gasteiger partial charge in [0.1, 0.15) is 5.75 Å². The number of hydrogen-bond donors (Lipinski definition) is 3. The van der Waals surface area contributed by atoms with Crippen molar-refractivity contribution >= 4 is 19.5 Å². The molecule has 176 valence electrons. The van der Waals surface area contributed by atoms with Gasteiger partial charge in [0.2, 0.25) is 5.91 Å².